The number of hydrogen-bond donors (Lipinski definition) is 1. The molecule has 45 heavy (non-hydrogen) atoms. The maximum absolute atomic E-state index is 13.6. The zero-order valence-corrected chi connectivity index (χ0v) is 24.2. The topological polar surface area (TPSA) is 41.9 Å². The summed E-state index contributed by atoms with van der Waals surface area (Å²) in [6, 6.07) is 30.5. The molecule has 1 aliphatic heterocycles. The maximum Gasteiger partial charge on any atom is 0.416 e. The molecule has 238 valence electrons. The van der Waals surface area contributed by atoms with Crippen LogP contribution >= 0.6 is 0 Å². The summed E-state index contributed by atoms with van der Waals surface area (Å²) in [6.07, 6.45) is -12.6. The summed E-state index contributed by atoms with van der Waals surface area (Å²) < 4.78 is 93.6. The van der Waals surface area contributed by atoms with Crippen LogP contribution in [0.15, 0.2) is 109 Å². The molecular weight excluding hydrogens is 596 g/mol. The van der Waals surface area contributed by atoms with Gasteiger partial charge < -0.3 is 14.6 Å². The van der Waals surface area contributed by atoms with Crippen LogP contribution < -0.4 is 0 Å². The number of aliphatic hydroxyl groups excluding tert-OH is 1. The average Bonchev–Trinajstić information content (AvgIpc) is 3.41. The maximum atomic E-state index is 13.6. The van der Waals surface area contributed by atoms with Crippen molar-refractivity contribution in [1.29, 1.82) is 0 Å². The fourth-order valence-electron chi connectivity index (χ4n) is 5.80. The molecule has 5 rings (SSSR count). The molecule has 10 heteroatoms. The Balaban J connectivity index is 1.44. The molecule has 4 nitrogen and oxygen atoms in total. The monoisotopic (exact) mass is 629 g/mol. The highest BCUT2D eigenvalue weighted by atomic mass is 19.4. The number of nitrogens with zero attached hydrogens (tertiary/aromatic N) is 1. The van der Waals surface area contributed by atoms with E-state index < -0.39 is 54.0 Å². The molecule has 0 radical (unpaired) electrons. The van der Waals surface area contributed by atoms with Crippen LogP contribution in [0.4, 0.5) is 26.3 Å². The Morgan fingerprint density at radius 1 is 0.733 bits per heavy atom. The van der Waals surface area contributed by atoms with Gasteiger partial charge in [-0.3, -0.25) is 4.90 Å². The van der Waals surface area contributed by atoms with Crippen LogP contribution in [0.3, 0.4) is 0 Å². The van der Waals surface area contributed by atoms with Crippen molar-refractivity contribution in [3.8, 4) is 0 Å². The molecule has 0 aromatic heterocycles. The number of ether oxygens (including phenoxy) is 2. The standard InChI is InChI=1S/C35H33F6NO3/c36-34(37,38)29-16-27(17-30(18-29)35(39,40)41)31(22-43)45-33-32(26-14-8-3-9-15-26)28(23-44-33)21-42(19-24-10-4-1-5-11-24)20-25-12-6-2-7-13-25/h1-18,28,31-33,43H,19-23H2. The Morgan fingerprint density at radius 3 is 1.69 bits per heavy atom. The SMILES string of the molecule is OCC(OC1OCC(CN(Cc2ccccc2)Cc2ccccc2)C1c1ccccc1)c1cc(C(F)(F)F)cc(C(F)(F)F)c1. The van der Waals surface area contributed by atoms with Crippen molar-refractivity contribution in [2.24, 2.45) is 5.92 Å². The predicted molar refractivity (Wildman–Crippen MR) is 157 cm³/mol. The van der Waals surface area contributed by atoms with Crippen LogP contribution in [-0.4, -0.2) is 36.1 Å². The lowest BCUT2D eigenvalue weighted by Crippen LogP contribution is -2.33. The van der Waals surface area contributed by atoms with E-state index in [1.54, 1.807) is 0 Å². The summed E-state index contributed by atoms with van der Waals surface area (Å²) in [5.41, 5.74) is -0.314. The third-order valence-electron chi connectivity index (χ3n) is 7.90. The Morgan fingerprint density at radius 2 is 1.22 bits per heavy atom. The van der Waals surface area contributed by atoms with Gasteiger partial charge in [-0.15, -0.1) is 0 Å². The van der Waals surface area contributed by atoms with E-state index in [0.29, 0.717) is 31.8 Å². The second kappa shape index (κ2) is 14.2. The number of alkyl halides is 6. The Bertz CT molecular complexity index is 1430. The van der Waals surface area contributed by atoms with Crippen molar-refractivity contribution in [1.82, 2.24) is 4.90 Å². The minimum Gasteiger partial charge on any atom is -0.393 e. The number of benzene rings is 4. The van der Waals surface area contributed by atoms with Gasteiger partial charge in [-0.05, 0) is 40.5 Å². The summed E-state index contributed by atoms with van der Waals surface area (Å²) in [6.45, 7) is 1.23. The lowest BCUT2D eigenvalue weighted by Gasteiger charge is -2.31. The quantitative estimate of drug-likeness (QED) is 0.170. The molecule has 0 amide bonds. The molecule has 4 aromatic carbocycles. The van der Waals surface area contributed by atoms with Crippen molar-refractivity contribution in [3.63, 3.8) is 0 Å². The van der Waals surface area contributed by atoms with Crippen LogP contribution in [-0.2, 0) is 34.9 Å². The number of aliphatic hydroxyl groups is 1. The molecule has 0 aliphatic carbocycles. The van der Waals surface area contributed by atoms with E-state index in [-0.39, 0.29) is 18.6 Å². The van der Waals surface area contributed by atoms with Gasteiger partial charge in [0.25, 0.3) is 0 Å². The van der Waals surface area contributed by atoms with Crippen molar-refractivity contribution >= 4 is 0 Å². The van der Waals surface area contributed by atoms with Crippen LogP contribution in [0.1, 0.15) is 45.4 Å². The second-order valence-electron chi connectivity index (χ2n) is 11.2. The first-order valence-corrected chi connectivity index (χ1v) is 14.5. The van der Waals surface area contributed by atoms with Gasteiger partial charge in [0.15, 0.2) is 6.29 Å². The zero-order chi connectivity index (χ0) is 32.0. The van der Waals surface area contributed by atoms with E-state index in [9.17, 15) is 31.4 Å². The van der Waals surface area contributed by atoms with E-state index in [2.05, 4.69) is 4.90 Å². The Kier molecular flexibility index (Phi) is 10.3. The highest BCUT2D eigenvalue weighted by molar-refractivity contribution is 5.35. The molecule has 4 aromatic rings. The number of hydrogen-bond acceptors (Lipinski definition) is 4. The smallest absolute Gasteiger partial charge is 0.393 e. The van der Waals surface area contributed by atoms with Gasteiger partial charge in [0, 0.05) is 31.5 Å². The van der Waals surface area contributed by atoms with Gasteiger partial charge in [0.2, 0.25) is 0 Å². The molecule has 1 fully saturated rings. The number of halogens is 6. The van der Waals surface area contributed by atoms with Crippen LogP contribution in [0, 0.1) is 5.92 Å². The van der Waals surface area contributed by atoms with E-state index in [4.69, 9.17) is 9.47 Å². The van der Waals surface area contributed by atoms with Gasteiger partial charge in [-0.2, -0.15) is 26.3 Å². The first-order valence-electron chi connectivity index (χ1n) is 14.5. The largest absolute Gasteiger partial charge is 0.416 e. The third-order valence-corrected chi connectivity index (χ3v) is 7.90. The van der Waals surface area contributed by atoms with Crippen LogP contribution in [0.2, 0.25) is 0 Å². The molecule has 4 atom stereocenters. The summed E-state index contributed by atoms with van der Waals surface area (Å²) in [5.74, 6) is -0.557. The fraction of sp³-hybridized carbons (Fsp3) is 0.314. The Labute approximate surface area is 257 Å². The van der Waals surface area contributed by atoms with Gasteiger partial charge in [0.05, 0.1) is 24.3 Å². The Hall–Kier alpha value is -3.70. The highest BCUT2D eigenvalue weighted by Crippen LogP contribution is 2.42. The molecule has 1 N–H and O–H groups in total. The van der Waals surface area contributed by atoms with Gasteiger partial charge in [-0.1, -0.05) is 91.0 Å². The van der Waals surface area contributed by atoms with Gasteiger partial charge in [-0.25, -0.2) is 0 Å². The van der Waals surface area contributed by atoms with Crippen molar-refractivity contribution < 1.29 is 40.9 Å². The average molecular weight is 630 g/mol. The minimum absolute atomic E-state index is 0.0564. The van der Waals surface area contributed by atoms with E-state index in [0.717, 1.165) is 16.7 Å². The van der Waals surface area contributed by atoms with E-state index in [1.807, 2.05) is 91.0 Å². The first-order chi connectivity index (χ1) is 21.5. The zero-order valence-electron chi connectivity index (χ0n) is 24.2. The second-order valence-corrected chi connectivity index (χ2v) is 11.2. The number of rotatable bonds is 11. The van der Waals surface area contributed by atoms with Crippen molar-refractivity contribution in [3.05, 3.63) is 143 Å². The molecule has 1 aliphatic rings. The summed E-state index contributed by atoms with van der Waals surface area (Å²) >= 11 is 0. The molecule has 0 bridgehead atoms. The summed E-state index contributed by atoms with van der Waals surface area (Å²) in [5, 5.41) is 10.2. The van der Waals surface area contributed by atoms with Crippen LogP contribution in [0.5, 0.6) is 0 Å². The predicted octanol–water partition coefficient (Wildman–Crippen LogP) is 8.23. The van der Waals surface area contributed by atoms with Crippen molar-refractivity contribution in [2.45, 2.75) is 43.8 Å². The molecule has 4 unspecified atom stereocenters. The normalized spacial score (nSPS) is 19.6. The highest BCUT2D eigenvalue weighted by Gasteiger charge is 2.42. The summed E-state index contributed by atoms with van der Waals surface area (Å²) in [7, 11) is 0. The van der Waals surface area contributed by atoms with E-state index >= 15 is 0 Å². The first kappa shape index (κ1) is 32.7. The minimum atomic E-state index is -5.03. The van der Waals surface area contributed by atoms with Crippen LogP contribution in [0.25, 0.3) is 0 Å². The van der Waals surface area contributed by atoms with Gasteiger partial charge >= 0.3 is 12.4 Å². The molecule has 0 spiro atoms. The summed E-state index contributed by atoms with van der Waals surface area (Å²) in [4.78, 5) is 2.28. The van der Waals surface area contributed by atoms with Crippen molar-refractivity contribution in [2.75, 3.05) is 19.8 Å². The third kappa shape index (κ3) is 8.52. The van der Waals surface area contributed by atoms with Gasteiger partial charge in [0.1, 0.15) is 6.10 Å². The molecular formula is C35H33F6NO3. The molecule has 0 saturated carbocycles. The molecule has 1 saturated heterocycles. The molecule has 1 heterocycles. The lowest BCUT2D eigenvalue weighted by atomic mass is 9.87. The lowest BCUT2D eigenvalue weighted by molar-refractivity contribution is -0.163. The fourth-order valence-corrected chi connectivity index (χ4v) is 5.80. The van der Waals surface area contributed by atoms with E-state index in [1.165, 1.54) is 0 Å².